The van der Waals surface area contributed by atoms with Crippen LogP contribution in [0.5, 0.6) is 5.75 Å². The summed E-state index contributed by atoms with van der Waals surface area (Å²) in [7, 11) is 1.76. The van der Waals surface area contributed by atoms with Crippen molar-refractivity contribution in [3.05, 3.63) is 41.3 Å². The van der Waals surface area contributed by atoms with E-state index in [0.29, 0.717) is 30.9 Å². The van der Waals surface area contributed by atoms with Crippen LogP contribution in [0, 0.1) is 5.92 Å². The van der Waals surface area contributed by atoms with Gasteiger partial charge in [-0.05, 0) is 89.8 Å². The fourth-order valence-corrected chi connectivity index (χ4v) is 7.54. The molecule has 11 nitrogen and oxygen atoms in total. The van der Waals surface area contributed by atoms with E-state index >= 15 is 0 Å². The van der Waals surface area contributed by atoms with Gasteiger partial charge in [0.05, 0.1) is 30.4 Å². The Hall–Kier alpha value is -2.55. The first-order valence-electron chi connectivity index (χ1n) is 15.6. The number of anilines is 1. The molecular formula is C32H50N4O7S2. The lowest BCUT2D eigenvalue weighted by atomic mass is 10.0. The molecule has 3 rings (SSSR count). The van der Waals surface area contributed by atoms with E-state index in [9.17, 15) is 23.1 Å². The Morgan fingerprint density at radius 1 is 1.20 bits per heavy atom. The summed E-state index contributed by atoms with van der Waals surface area (Å²) >= 11 is 1.16. The zero-order valence-electron chi connectivity index (χ0n) is 27.4. The number of hydrogen-bond donors (Lipinski definition) is 2. The standard InChI is InChI=1S/C32H50N4O7S2/c1-23-20-36(24(2)22-37)32(39)27-19-26(33-30(38)12-9-16-34(4)5)14-15-28(27)43-25(3)11-7-8-17-42-29(23)21-35(6)45(40,41)31-13-10-18-44-31/h10,13-15,18-19,23-25,29,37H,7-9,11-12,16-17,20-22H2,1-6H3,(H,33,38)/t23-,24+,25-,29+/m1/s1. The molecule has 0 radical (unpaired) electrons. The van der Waals surface area contributed by atoms with Crippen LogP contribution in [0.3, 0.4) is 0 Å². The van der Waals surface area contributed by atoms with Gasteiger partial charge >= 0.3 is 0 Å². The summed E-state index contributed by atoms with van der Waals surface area (Å²) in [4.78, 5) is 30.5. The SMILES string of the molecule is C[C@@H]1CCCCO[C@@H](CN(C)S(=O)(=O)c2cccs2)[C@H](C)CN([C@@H](C)CO)C(=O)c2cc(NC(=O)CCCN(C)C)ccc2O1. The highest BCUT2D eigenvalue weighted by Gasteiger charge is 2.32. The minimum Gasteiger partial charge on any atom is -0.490 e. The number of nitrogens with zero attached hydrogens (tertiary/aromatic N) is 3. The molecule has 0 saturated heterocycles. The largest absolute Gasteiger partial charge is 0.490 e. The number of likely N-dealkylation sites (N-methyl/N-ethyl adjacent to an activating group) is 1. The van der Waals surface area contributed by atoms with Crippen molar-refractivity contribution in [1.82, 2.24) is 14.1 Å². The second kappa shape index (κ2) is 17.4. The molecule has 2 heterocycles. The molecule has 45 heavy (non-hydrogen) atoms. The summed E-state index contributed by atoms with van der Waals surface area (Å²) in [5.41, 5.74) is 0.771. The average Bonchev–Trinajstić information content (AvgIpc) is 3.54. The number of benzene rings is 1. The van der Waals surface area contributed by atoms with Crippen molar-refractivity contribution in [3.8, 4) is 5.75 Å². The molecule has 2 amide bonds. The number of carbonyl (C=O) groups excluding carboxylic acids is 2. The molecule has 252 valence electrons. The maximum absolute atomic E-state index is 14.3. The molecule has 1 aliphatic rings. The Morgan fingerprint density at radius 2 is 1.96 bits per heavy atom. The van der Waals surface area contributed by atoms with Crippen molar-refractivity contribution in [3.63, 3.8) is 0 Å². The van der Waals surface area contributed by atoms with Gasteiger partial charge in [-0.15, -0.1) is 11.3 Å². The highest BCUT2D eigenvalue weighted by molar-refractivity contribution is 7.91. The van der Waals surface area contributed by atoms with Gasteiger partial charge in [0.25, 0.3) is 15.9 Å². The Labute approximate surface area is 272 Å². The molecular weight excluding hydrogens is 617 g/mol. The first-order valence-corrected chi connectivity index (χ1v) is 17.9. The molecule has 0 unspecified atom stereocenters. The Bertz CT molecular complexity index is 1340. The first kappa shape index (κ1) is 36.9. The smallest absolute Gasteiger partial charge is 0.258 e. The van der Waals surface area contributed by atoms with Crippen LogP contribution in [0.1, 0.15) is 63.2 Å². The van der Waals surface area contributed by atoms with Crippen molar-refractivity contribution < 1.29 is 32.6 Å². The van der Waals surface area contributed by atoms with Crippen LogP contribution in [0.25, 0.3) is 0 Å². The van der Waals surface area contributed by atoms with Crippen LogP contribution in [0.2, 0.25) is 0 Å². The average molecular weight is 667 g/mol. The van der Waals surface area contributed by atoms with E-state index in [-0.39, 0.29) is 53.3 Å². The second-order valence-electron chi connectivity index (χ2n) is 12.2. The number of thiophene rings is 1. The van der Waals surface area contributed by atoms with Crippen LogP contribution < -0.4 is 10.1 Å². The number of amides is 2. The van der Waals surface area contributed by atoms with Gasteiger partial charge in [-0.3, -0.25) is 9.59 Å². The summed E-state index contributed by atoms with van der Waals surface area (Å²) in [5, 5.41) is 14.8. The molecule has 0 aliphatic carbocycles. The van der Waals surface area contributed by atoms with E-state index in [1.54, 1.807) is 54.6 Å². The number of hydrogen-bond acceptors (Lipinski definition) is 9. The number of sulfonamides is 1. The van der Waals surface area contributed by atoms with Crippen LogP contribution in [-0.2, 0) is 19.6 Å². The number of fused-ring (bicyclic) bond motifs is 1. The molecule has 0 saturated carbocycles. The van der Waals surface area contributed by atoms with Crippen LogP contribution >= 0.6 is 11.3 Å². The fraction of sp³-hybridized carbons (Fsp3) is 0.625. The summed E-state index contributed by atoms with van der Waals surface area (Å²) in [5.74, 6) is -0.373. The van der Waals surface area contributed by atoms with Gasteiger partial charge in [0.15, 0.2) is 0 Å². The third-order valence-electron chi connectivity index (χ3n) is 7.94. The van der Waals surface area contributed by atoms with Crippen molar-refractivity contribution >= 4 is 38.9 Å². The van der Waals surface area contributed by atoms with E-state index in [4.69, 9.17) is 9.47 Å². The number of carbonyl (C=O) groups is 2. The highest BCUT2D eigenvalue weighted by Crippen LogP contribution is 2.29. The molecule has 0 spiro atoms. The van der Waals surface area contributed by atoms with E-state index < -0.39 is 22.2 Å². The Kier molecular flexibility index (Phi) is 14.3. The zero-order chi connectivity index (χ0) is 33.1. The number of nitrogens with one attached hydrogen (secondary N) is 1. The summed E-state index contributed by atoms with van der Waals surface area (Å²) in [6, 6.07) is 7.83. The van der Waals surface area contributed by atoms with Gasteiger partial charge in [-0.25, -0.2) is 8.42 Å². The monoisotopic (exact) mass is 666 g/mol. The summed E-state index contributed by atoms with van der Waals surface area (Å²) in [6.45, 7) is 6.90. The topological polar surface area (TPSA) is 129 Å². The van der Waals surface area contributed by atoms with Gasteiger partial charge < -0.3 is 29.7 Å². The third kappa shape index (κ3) is 10.8. The van der Waals surface area contributed by atoms with Crippen LogP contribution in [0.15, 0.2) is 39.9 Å². The third-order valence-corrected chi connectivity index (χ3v) is 11.1. The maximum Gasteiger partial charge on any atom is 0.258 e. The van der Waals surface area contributed by atoms with Crippen molar-refractivity contribution in [2.75, 3.05) is 59.3 Å². The molecule has 0 bridgehead atoms. The summed E-state index contributed by atoms with van der Waals surface area (Å²) in [6.07, 6.45) is 2.67. The van der Waals surface area contributed by atoms with Gasteiger partial charge in [-0.1, -0.05) is 13.0 Å². The van der Waals surface area contributed by atoms with Crippen LogP contribution in [-0.4, -0.2) is 112 Å². The number of ether oxygens (including phenoxy) is 2. The molecule has 1 aliphatic heterocycles. The van der Waals surface area contributed by atoms with E-state index in [1.165, 1.54) is 4.31 Å². The molecule has 2 aromatic rings. The number of aliphatic hydroxyl groups excluding tert-OH is 1. The molecule has 1 aromatic carbocycles. The number of aliphatic hydroxyl groups is 1. The maximum atomic E-state index is 14.3. The fourth-order valence-electron chi connectivity index (χ4n) is 5.16. The first-order chi connectivity index (χ1) is 21.3. The zero-order valence-corrected chi connectivity index (χ0v) is 29.0. The second-order valence-corrected chi connectivity index (χ2v) is 15.4. The van der Waals surface area contributed by atoms with Crippen molar-refractivity contribution in [1.29, 1.82) is 0 Å². The van der Waals surface area contributed by atoms with Gasteiger partial charge in [0, 0.05) is 44.8 Å². The molecule has 2 N–H and O–H groups in total. The van der Waals surface area contributed by atoms with E-state index in [1.807, 2.05) is 32.8 Å². The number of rotatable bonds is 11. The Balaban J connectivity index is 1.92. The summed E-state index contributed by atoms with van der Waals surface area (Å²) < 4.78 is 40.5. The molecule has 13 heteroatoms. The van der Waals surface area contributed by atoms with E-state index in [0.717, 1.165) is 37.1 Å². The minimum absolute atomic E-state index is 0.108. The lowest BCUT2D eigenvalue weighted by Gasteiger charge is -2.35. The highest BCUT2D eigenvalue weighted by atomic mass is 32.2. The molecule has 4 atom stereocenters. The van der Waals surface area contributed by atoms with Gasteiger partial charge in [0.2, 0.25) is 5.91 Å². The molecule has 0 fully saturated rings. The van der Waals surface area contributed by atoms with Crippen LogP contribution in [0.4, 0.5) is 5.69 Å². The quantitative estimate of drug-likeness (QED) is 0.366. The molecule has 1 aromatic heterocycles. The van der Waals surface area contributed by atoms with Crippen molar-refractivity contribution in [2.45, 2.75) is 75.3 Å². The van der Waals surface area contributed by atoms with Gasteiger partial charge in [-0.2, -0.15) is 4.31 Å². The predicted molar refractivity (Wildman–Crippen MR) is 177 cm³/mol. The Morgan fingerprint density at radius 3 is 2.62 bits per heavy atom. The predicted octanol–water partition coefficient (Wildman–Crippen LogP) is 4.14. The lowest BCUT2D eigenvalue weighted by molar-refractivity contribution is -0.116. The van der Waals surface area contributed by atoms with E-state index in [2.05, 4.69) is 5.32 Å². The normalized spacial score (nSPS) is 21.2. The lowest BCUT2D eigenvalue weighted by Crippen LogP contribution is -2.48. The van der Waals surface area contributed by atoms with Gasteiger partial charge in [0.1, 0.15) is 9.96 Å². The van der Waals surface area contributed by atoms with Crippen molar-refractivity contribution in [2.24, 2.45) is 5.92 Å². The minimum atomic E-state index is -3.70.